The molecule has 0 radical (unpaired) electrons. The maximum Gasteiger partial charge on any atom is 0.328 e. The molecule has 0 fully saturated rings. The Morgan fingerprint density at radius 3 is 2.80 bits per heavy atom. The zero-order chi connectivity index (χ0) is 15.1. The lowest BCUT2D eigenvalue weighted by atomic mass is 10.1. The van der Waals surface area contributed by atoms with Crippen molar-refractivity contribution >= 4 is 23.2 Å². The topological polar surface area (TPSA) is 55.8 Å². The van der Waals surface area contributed by atoms with Crippen molar-refractivity contribution in [3.63, 3.8) is 0 Å². The van der Waals surface area contributed by atoms with E-state index in [-0.39, 0.29) is 5.91 Å². The average Bonchev–Trinajstić information content (AvgIpc) is 2.91. The number of esters is 1. The molecule has 6 heteroatoms. The minimum absolute atomic E-state index is 0.263. The second-order valence-corrected chi connectivity index (χ2v) is 4.94. The van der Waals surface area contributed by atoms with Crippen LogP contribution in [0.5, 0.6) is 5.75 Å². The van der Waals surface area contributed by atoms with Crippen LogP contribution in [0.1, 0.15) is 23.0 Å². The fourth-order valence-electron chi connectivity index (χ4n) is 1.73. The average molecular weight is 297 g/mol. The maximum atomic E-state index is 12.5. The summed E-state index contributed by atoms with van der Waals surface area (Å²) in [5.74, 6) is -0.187. The van der Waals surface area contributed by atoms with Crippen molar-refractivity contribution < 1.29 is 19.1 Å². The van der Waals surface area contributed by atoms with Crippen molar-refractivity contribution in [2.75, 3.05) is 20.8 Å². The Labute approximate surface area is 122 Å². The highest BCUT2D eigenvalue weighted by atomic mass is 32.1. The van der Waals surface area contributed by atoms with Gasteiger partial charge in [-0.05, 0) is 24.8 Å². The number of carbonyl (C=O) groups is 2. The minimum atomic E-state index is -0.679. The van der Waals surface area contributed by atoms with E-state index in [1.54, 1.807) is 24.6 Å². The molecule has 1 rings (SSSR count). The number of methoxy groups -OCH3 is 1. The van der Waals surface area contributed by atoms with Gasteiger partial charge in [0.15, 0.2) is 0 Å². The Hall–Kier alpha value is -1.82. The fourth-order valence-corrected chi connectivity index (χ4v) is 2.55. The number of carbonyl (C=O) groups excluding carboxylic acids is 2. The lowest BCUT2D eigenvalue weighted by molar-refractivity contribution is -0.145. The standard InChI is InChI=1S/C14H19NO4S/c1-5-7-10(14(17)18-4)15(3)13(16)12-11(19-6-2)8-9-20-12/h5,8-10H,1,6-7H2,2-4H3. The van der Waals surface area contributed by atoms with Crippen LogP contribution in [-0.2, 0) is 9.53 Å². The third kappa shape index (κ3) is 3.60. The second kappa shape index (κ2) is 7.69. The molecule has 20 heavy (non-hydrogen) atoms. The van der Waals surface area contributed by atoms with Gasteiger partial charge in [-0.2, -0.15) is 0 Å². The number of amides is 1. The van der Waals surface area contributed by atoms with Crippen LogP contribution in [0.4, 0.5) is 0 Å². The lowest BCUT2D eigenvalue weighted by Crippen LogP contribution is -2.42. The van der Waals surface area contributed by atoms with Gasteiger partial charge in [0.05, 0.1) is 13.7 Å². The Kier molecular flexibility index (Phi) is 6.24. The summed E-state index contributed by atoms with van der Waals surface area (Å²) >= 11 is 1.29. The van der Waals surface area contributed by atoms with Gasteiger partial charge in [-0.25, -0.2) is 4.79 Å². The Morgan fingerprint density at radius 2 is 2.25 bits per heavy atom. The zero-order valence-corrected chi connectivity index (χ0v) is 12.7. The van der Waals surface area contributed by atoms with E-state index in [4.69, 9.17) is 9.47 Å². The quantitative estimate of drug-likeness (QED) is 0.572. The number of hydrogen-bond donors (Lipinski definition) is 0. The molecule has 0 aliphatic heterocycles. The Morgan fingerprint density at radius 1 is 1.55 bits per heavy atom. The van der Waals surface area contributed by atoms with Crippen LogP contribution < -0.4 is 4.74 Å². The molecular weight excluding hydrogens is 278 g/mol. The molecule has 5 nitrogen and oxygen atoms in total. The van der Waals surface area contributed by atoms with Crippen LogP contribution >= 0.6 is 11.3 Å². The van der Waals surface area contributed by atoms with Crippen LogP contribution in [0.25, 0.3) is 0 Å². The van der Waals surface area contributed by atoms with Crippen LogP contribution in [0, 0.1) is 0 Å². The number of ether oxygens (including phenoxy) is 2. The number of nitrogens with zero attached hydrogens (tertiary/aromatic N) is 1. The van der Waals surface area contributed by atoms with Gasteiger partial charge < -0.3 is 14.4 Å². The van der Waals surface area contributed by atoms with Gasteiger partial charge in [-0.1, -0.05) is 6.08 Å². The molecule has 0 bridgehead atoms. The van der Waals surface area contributed by atoms with Crippen molar-refractivity contribution in [1.29, 1.82) is 0 Å². The molecule has 0 spiro atoms. The van der Waals surface area contributed by atoms with E-state index in [1.165, 1.54) is 23.3 Å². The summed E-state index contributed by atoms with van der Waals surface area (Å²) < 4.78 is 10.1. The number of hydrogen-bond acceptors (Lipinski definition) is 5. The van der Waals surface area contributed by atoms with Crippen LogP contribution in [0.15, 0.2) is 24.1 Å². The molecule has 1 unspecified atom stereocenters. The molecule has 0 saturated heterocycles. The van der Waals surface area contributed by atoms with Gasteiger partial charge >= 0.3 is 5.97 Å². The van der Waals surface area contributed by atoms with Gasteiger partial charge in [-0.3, -0.25) is 4.79 Å². The largest absolute Gasteiger partial charge is 0.492 e. The molecule has 1 heterocycles. The fraction of sp³-hybridized carbons (Fsp3) is 0.429. The van der Waals surface area contributed by atoms with Gasteiger partial charge in [0.1, 0.15) is 16.7 Å². The van der Waals surface area contributed by atoms with Crippen LogP contribution in [-0.4, -0.2) is 43.6 Å². The number of thiophene rings is 1. The second-order valence-electron chi connectivity index (χ2n) is 4.03. The van der Waals surface area contributed by atoms with E-state index in [2.05, 4.69) is 6.58 Å². The predicted molar refractivity (Wildman–Crippen MR) is 78.2 cm³/mol. The van der Waals surface area contributed by atoms with E-state index >= 15 is 0 Å². The lowest BCUT2D eigenvalue weighted by Gasteiger charge is -2.25. The van der Waals surface area contributed by atoms with Crippen molar-refractivity contribution in [2.45, 2.75) is 19.4 Å². The summed E-state index contributed by atoms with van der Waals surface area (Å²) in [5, 5.41) is 1.78. The molecule has 1 atom stereocenters. The Balaban J connectivity index is 2.95. The van der Waals surface area contributed by atoms with Gasteiger partial charge in [0.25, 0.3) is 5.91 Å². The Bertz CT molecular complexity index is 483. The number of likely N-dealkylation sites (N-methyl/N-ethyl adjacent to an activating group) is 1. The van der Waals surface area contributed by atoms with E-state index in [9.17, 15) is 9.59 Å². The summed E-state index contributed by atoms with van der Waals surface area (Å²) in [6.07, 6.45) is 1.92. The highest BCUT2D eigenvalue weighted by Crippen LogP contribution is 2.27. The number of rotatable bonds is 7. The van der Waals surface area contributed by atoms with E-state index < -0.39 is 12.0 Å². The van der Waals surface area contributed by atoms with Gasteiger partial charge in [0.2, 0.25) is 0 Å². The molecule has 1 aromatic rings. The van der Waals surface area contributed by atoms with Gasteiger partial charge in [-0.15, -0.1) is 17.9 Å². The van der Waals surface area contributed by atoms with Gasteiger partial charge in [0, 0.05) is 7.05 Å². The maximum absolute atomic E-state index is 12.5. The van der Waals surface area contributed by atoms with Crippen LogP contribution in [0.2, 0.25) is 0 Å². The molecule has 0 aliphatic carbocycles. The molecule has 0 aliphatic rings. The third-order valence-corrected chi connectivity index (χ3v) is 3.66. The molecule has 0 aromatic carbocycles. The summed E-state index contributed by atoms with van der Waals surface area (Å²) in [6.45, 7) is 5.93. The van der Waals surface area contributed by atoms with E-state index in [1.807, 2.05) is 6.92 Å². The summed E-state index contributed by atoms with van der Waals surface area (Å²) in [5.41, 5.74) is 0. The first-order valence-corrected chi connectivity index (χ1v) is 7.10. The molecule has 110 valence electrons. The molecule has 1 aromatic heterocycles. The van der Waals surface area contributed by atoms with Crippen molar-refractivity contribution in [3.05, 3.63) is 29.0 Å². The van der Waals surface area contributed by atoms with E-state index in [0.717, 1.165) is 0 Å². The van der Waals surface area contributed by atoms with Crippen LogP contribution in [0.3, 0.4) is 0 Å². The highest BCUT2D eigenvalue weighted by Gasteiger charge is 2.29. The SMILES string of the molecule is C=CCC(C(=O)OC)N(C)C(=O)c1sccc1OCC. The predicted octanol–water partition coefficient (Wildman–Crippen LogP) is 2.34. The van der Waals surface area contributed by atoms with Crippen molar-refractivity contribution in [2.24, 2.45) is 0 Å². The summed E-state index contributed by atoms with van der Waals surface area (Å²) in [7, 11) is 2.87. The van der Waals surface area contributed by atoms with Crippen molar-refractivity contribution in [1.82, 2.24) is 4.90 Å². The molecule has 0 saturated carbocycles. The van der Waals surface area contributed by atoms with Crippen molar-refractivity contribution in [3.8, 4) is 5.75 Å². The molecule has 1 amide bonds. The minimum Gasteiger partial charge on any atom is -0.492 e. The zero-order valence-electron chi connectivity index (χ0n) is 11.9. The first kappa shape index (κ1) is 16.2. The monoisotopic (exact) mass is 297 g/mol. The first-order valence-electron chi connectivity index (χ1n) is 6.22. The summed E-state index contributed by atoms with van der Waals surface area (Å²) in [6, 6.07) is 1.07. The first-order chi connectivity index (χ1) is 9.56. The highest BCUT2D eigenvalue weighted by molar-refractivity contribution is 7.12. The molecule has 0 N–H and O–H groups in total. The smallest absolute Gasteiger partial charge is 0.328 e. The normalized spacial score (nSPS) is 11.6. The van der Waals surface area contributed by atoms with E-state index in [0.29, 0.717) is 23.7 Å². The third-order valence-electron chi connectivity index (χ3n) is 2.77. The summed E-state index contributed by atoms with van der Waals surface area (Å²) in [4.78, 5) is 26.0. The molecular formula is C14H19NO4S.